The molecule has 3 aromatic heterocycles. The van der Waals surface area contributed by atoms with Crippen molar-refractivity contribution in [1.82, 2.24) is 19.4 Å². The molecule has 0 aliphatic rings. The molecule has 4 rings (SSSR count). The maximum Gasteiger partial charge on any atom is 0.180 e. The summed E-state index contributed by atoms with van der Waals surface area (Å²) in [5, 5.41) is 3.38. The Morgan fingerprint density at radius 1 is 1.08 bits per heavy atom. The second-order valence-corrected chi connectivity index (χ2v) is 5.64. The first-order valence-corrected chi connectivity index (χ1v) is 8.04. The minimum Gasteiger partial charge on any atom is -0.363 e. The zero-order valence-electron chi connectivity index (χ0n) is 13.6. The van der Waals surface area contributed by atoms with Gasteiger partial charge in [0.05, 0.1) is 17.6 Å². The largest absolute Gasteiger partial charge is 0.363 e. The van der Waals surface area contributed by atoms with Crippen LogP contribution in [0.15, 0.2) is 73.8 Å². The molecule has 0 radical (unpaired) electrons. The molecule has 122 valence electrons. The number of aromatic nitrogens is 4. The van der Waals surface area contributed by atoms with Crippen LogP contribution in [0.5, 0.6) is 0 Å². The van der Waals surface area contributed by atoms with E-state index in [0.717, 1.165) is 34.0 Å². The van der Waals surface area contributed by atoms with Gasteiger partial charge < -0.3 is 5.32 Å². The average molecular weight is 327 g/mol. The van der Waals surface area contributed by atoms with Gasteiger partial charge in [-0.3, -0.25) is 9.38 Å². The van der Waals surface area contributed by atoms with Gasteiger partial charge in [-0.25, -0.2) is 9.97 Å². The standard InChI is InChI=1S/C20H17N5/c1-2-17-13-23-20-19(22-12-15-7-6-10-21-11-15)24-18(14-25(17)20)16-8-4-3-5-9-16/h2-11,13-14H,1,12H2,(H,22,24). The SMILES string of the molecule is C=Cc1cnc2c(NCc3cccnc3)nc(-c3ccccc3)cn12. The van der Waals surface area contributed by atoms with Crippen LogP contribution >= 0.6 is 0 Å². The first-order valence-electron chi connectivity index (χ1n) is 8.04. The molecule has 0 amide bonds. The van der Waals surface area contributed by atoms with E-state index in [9.17, 15) is 0 Å². The van der Waals surface area contributed by atoms with Crippen molar-refractivity contribution in [2.45, 2.75) is 6.54 Å². The van der Waals surface area contributed by atoms with Crippen LogP contribution in [0.25, 0.3) is 23.0 Å². The predicted octanol–water partition coefficient (Wildman–Crippen LogP) is 4.05. The van der Waals surface area contributed by atoms with Crippen LogP contribution < -0.4 is 5.32 Å². The number of benzene rings is 1. The quantitative estimate of drug-likeness (QED) is 0.601. The Balaban J connectivity index is 1.78. The highest BCUT2D eigenvalue weighted by Crippen LogP contribution is 2.23. The van der Waals surface area contributed by atoms with E-state index >= 15 is 0 Å². The molecule has 5 nitrogen and oxygen atoms in total. The Bertz CT molecular complexity index is 1010. The van der Waals surface area contributed by atoms with Crippen LogP contribution in [-0.4, -0.2) is 19.4 Å². The minimum atomic E-state index is 0.630. The van der Waals surface area contributed by atoms with E-state index in [1.807, 2.05) is 59.3 Å². The van der Waals surface area contributed by atoms with Gasteiger partial charge in [0, 0.05) is 30.7 Å². The summed E-state index contributed by atoms with van der Waals surface area (Å²) >= 11 is 0. The topological polar surface area (TPSA) is 55.1 Å². The number of fused-ring (bicyclic) bond motifs is 1. The zero-order chi connectivity index (χ0) is 17.1. The molecule has 5 heteroatoms. The number of rotatable bonds is 5. The van der Waals surface area contributed by atoms with Crippen molar-refractivity contribution in [2.24, 2.45) is 0 Å². The summed E-state index contributed by atoms with van der Waals surface area (Å²) in [4.78, 5) is 13.4. The second-order valence-electron chi connectivity index (χ2n) is 5.64. The molecule has 0 aliphatic carbocycles. The lowest BCUT2D eigenvalue weighted by Gasteiger charge is -2.10. The molecule has 0 saturated carbocycles. The Hall–Kier alpha value is -3.47. The molecule has 0 fully saturated rings. The van der Waals surface area contributed by atoms with Gasteiger partial charge in [-0.15, -0.1) is 0 Å². The van der Waals surface area contributed by atoms with Gasteiger partial charge in [0.2, 0.25) is 0 Å². The summed E-state index contributed by atoms with van der Waals surface area (Å²) in [6.45, 7) is 4.50. The van der Waals surface area contributed by atoms with Crippen LogP contribution in [0.3, 0.4) is 0 Å². The molecule has 0 spiro atoms. The van der Waals surface area contributed by atoms with Crippen molar-refractivity contribution < 1.29 is 0 Å². The molecule has 1 N–H and O–H groups in total. The number of nitrogens with zero attached hydrogens (tertiary/aromatic N) is 4. The Morgan fingerprint density at radius 2 is 1.96 bits per heavy atom. The lowest BCUT2D eigenvalue weighted by molar-refractivity contribution is 1.06. The van der Waals surface area contributed by atoms with Crippen molar-refractivity contribution in [1.29, 1.82) is 0 Å². The zero-order valence-corrected chi connectivity index (χ0v) is 13.6. The van der Waals surface area contributed by atoms with Gasteiger partial charge in [-0.05, 0) is 17.7 Å². The van der Waals surface area contributed by atoms with Crippen molar-refractivity contribution in [3.63, 3.8) is 0 Å². The van der Waals surface area contributed by atoms with E-state index in [1.165, 1.54) is 0 Å². The lowest BCUT2D eigenvalue weighted by Crippen LogP contribution is -2.05. The third kappa shape index (κ3) is 2.99. The lowest BCUT2D eigenvalue weighted by atomic mass is 10.1. The first kappa shape index (κ1) is 15.1. The fourth-order valence-electron chi connectivity index (χ4n) is 2.71. The fraction of sp³-hybridized carbons (Fsp3) is 0.0500. The first-order chi connectivity index (χ1) is 12.3. The number of hydrogen-bond donors (Lipinski definition) is 1. The van der Waals surface area contributed by atoms with Crippen molar-refractivity contribution in [2.75, 3.05) is 5.32 Å². The maximum absolute atomic E-state index is 4.78. The molecule has 25 heavy (non-hydrogen) atoms. The van der Waals surface area contributed by atoms with Crippen molar-refractivity contribution in [3.8, 4) is 11.3 Å². The van der Waals surface area contributed by atoms with E-state index in [4.69, 9.17) is 4.98 Å². The van der Waals surface area contributed by atoms with Crippen molar-refractivity contribution >= 4 is 17.5 Å². The maximum atomic E-state index is 4.78. The van der Waals surface area contributed by atoms with Crippen LogP contribution in [0, 0.1) is 0 Å². The van der Waals surface area contributed by atoms with Gasteiger partial charge in [0.25, 0.3) is 0 Å². The van der Waals surface area contributed by atoms with E-state index in [1.54, 1.807) is 18.5 Å². The molecule has 0 aliphatic heterocycles. The van der Waals surface area contributed by atoms with Crippen LogP contribution in [0.4, 0.5) is 5.82 Å². The molecule has 3 heterocycles. The van der Waals surface area contributed by atoms with Gasteiger partial charge in [0.15, 0.2) is 11.5 Å². The number of hydrogen-bond acceptors (Lipinski definition) is 4. The Morgan fingerprint density at radius 3 is 2.72 bits per heavy atom. The van der Waals surface area contributed by atoms with Crippen molar-refractivity contribution in [3.05, 3.63) is 85.1 Å². The molecule has 0 unspecified atom stereocenters. The third-order valence-corrected chi connectivity index (χ3v) is 3.98. The fourth-order valence-corrected chi connectivity index (χ4v) is 2.71. The minimum absolute atomic E-state index is 0.630. The van der Waals surface area contributed by atoms with Crippen LogP contribution in [0.2, 0.25) is 0 Å². The monoisotopic (exact) mass is 327 g/mol. The van der Waals surface area contributed by atoms with E-state index in [-0.39, 0.29) is 0 Å². The summed E-state index contributed by atoms with van der Waals surface area (Å²) in [7, 11) is 0. The molecular formula is C20H17N5. The second kappa shape index (κ2) is 6.57. The van der Waals surface area contributed by atoms with Gasteiger partial charge in [-0.1, -0.05) is 43.0 Å². The summed E-state index contributed by atoms with van der Waals surface area (Å²) in [5.74, 6) is 0.735. The number of imidazole rings is 1. The highest BCUT2D eigenvalue weighted by Gasteiger charge is 2.11. The smallest absolute Gasteiger partial charge is 0.180 e. The molecule has 0 saturated heterocycles. The summed E-state index contributed by atoms with van der Waals surface area (Å²) in [6.07, 6.45) is 9.19. The average Bonchev–Trinajstić information content (AvgIpc) is 3.11. The van der Waals surface area contributed by atoms with Crippen LogP contribution in [-0.2, 0) is 6.54 Å². The Labute approximate surface area is 145 Å². The number of nitrogens with one attached hydrogen (secondary N) is 1. The summed E-state index contributed by atoms with van der Waals surface area (Å²) < 4.78 is 2.01. The molecular weight excluding hydrogens is 310 g/mol. The highest BCUT2D eigenvalue weighted by molar-refractivity contribution is 5.71. The predicted molar refractivity (Wildman–Crippen MR) is 100 cm³/mol. The molecule has 0 atom stereocenters. The van der Waals surface area contributed by atoms with Gasteiger partial charge in [0.1, 0.15) is 0 Å². The molecule has 1 aromatic carbocycles. The van der Waals surface area contributed by atoms with E-state index in [2.05, 4.69) is 21.9 Å². The Kier molecular flexibility index (Phi) is 3.96. The summed E-state index contributed by atoms with van der Waals surface area (Å²) in [6, 6.07) is 14.0. The number of pyridine rings is 1. The normalized spacial score (nSPS) is 10.7. The number of anilines is 1. The summed E-state index contributed by atoms with van der Waals surface area (Å²) in [5.41, 5.74) is 4.72. The molecule has 0 bridgehead atoms. The van der Waals surface area contributed by atoms with E-state index in [0.29, 0.717) is 6.54 Å². The van der Waals surface area contributed by atoms with E-state index < -0.39 is 0 Å². The molecule has 4 aromatic rings. The van der Waals surface area contributed by atoms with Crippen LogP contribution in [0.1, 0.15) is 11.3 Å². The highest BCUT2D eigenvalue weighted by atomic mass is 15.1. The van der Waals surface area contributed by atoms with Gasteiger partial charge >= 0.3 is 0 Å². The third-order valence-electron chi connectivity index (χ3n) is 3.98. The van der Waals surface area contributed by atoms with Gasteiger partial charge in [-0.2, -0.15) is 0 Å².